The Labute approximate surface area is 143 Å². The van der Waals surface area contributed by atoms with Crippen LogP contribution in [0.15, 0.2) is 42.7 Å². The van der Waals surface area contributed by atoms with Gasteiger partial charge in [0.05, 0.1) is 18.1 Å². The van der Waals surface area contributed by atoms with Gasteiger partial charge in [0.25, 0.3) is 5.91 Å². The molecule has 1 amide bonds. The highest BCUT2D eigenvalue weighted by atomic mass is 16.2. The topological polar surface area (TPSA) is 58.1 Å². The summed E-state index contributed by atoms with van der Waals surface area (Å²) >= 11 is 0. The number of amides is 1. The number of carbonyl (C=O) groups is 1. The maximum Gasteiger partial charge on any atom is 0.253 e. The molecule has 1 aromatic carbocycles. The summed E-state index contributed by atoms with van der Waals surface area (Å²) in [5.74, 6) is 1.50. The molecule has 1 saturated heterocycles. The molecule has 3 rings (SSSR count). The van der Waals surface area contributed by atoms with E-state index in [-0.39, 0.29) is 5.91 Å². The van der Waals surface area contributed by atoms with Crippen molar-refractivity contribution in [1.29, 1.82) is 0 Å². The Morgan fingerprint density at radius 2 is 2.00 bits per heavy atom. The molecule has 0 aliphatic carbocycles. The third-order valence-electron chi connectivity index (χ3n) is 4.61. The van der Waals surface area contributed by atoms with E-state index in [9.17, 15) is 4.79 Å². The largest absolute Gasteiger partial charge is 0.372 e. The number of anilines is 1. The van der Waals surface area contributed by atoms with E-state index in [1.165, 1.54) is 0 Å². The van der Waals surface area contributed by atoms with Crippen molar-refractivity contribution < 1.29 is 4.79 Å². The number of likely N-dealkylation sites (tertiary alicyclic amines) is 1. The lowest BCUT2D eigenvalue weighted by molar-refractivity contribution is 0.0760. The Balaban J connectivity index is 1.57. The maximum atomic E-state index is 12.6. The third-order valence-corrected chi connectivity index (χ3v) is 4.61. The molecular weight excluding hydrogens is 300 g/mol. The van der Waals surface area contributed by atoms with Gasteiger partial charge in [0.1, 0.15) is 5.82 Å². The maximum absolute atomic E-state index is 12.6. The van der Waals surface area contributed by atoms with Gasteiger partial charge in [-0.3, -0.25) is 9.78 Å². The first-order valence-electron chi connectivity index (χ1n) is 8.59. The van der Waals surface area contributed by atoms with Gasteiger partial charge in [0.2, 0.25) is 0 Å². The zero-order chi connectivity index (χ0) is 16.8. The van der Waals surface area contributed by atoms with E-state index in [2.05, 4.69) is 15.3 Å². The summed E-state index contributed by atoms with van der Waals surface area (Å²) in [4.78, 5) is 23.4. The summed E-state index contributed by atoms with van der Waals surface area (Å²) in [7, 11) is 1.84. The smallest absolute Gasteiger partial charge is 0.253 e. The number of nitrogens with one attached hydrogen (secondary N) is 1. The molecular formula is C19H24N4O. The number of hydrogen-bond donors (Lipinski definition) is 1. The molecule has 5 heteroatoms. The van der Waals surface area contributed by atoms with Gasteiger partial charge in [-0.2, -0.15) is 0 Å². The molecule has 1 aliphatic rings. The lowest BCUT2D eigenvalue weighted by atomic mass is 9.95. The molecule has 0 spiro atoms. The first kappa shape index (κ1) is 16.4. The molecule has 126 valence electrons. The van der Waals surface area contributed by atoms with Crippen molar-refractivity contribution in [1.82, 2.24) is 14.9 Å². The molecule has 1 N–H and O–H groups in total. The zero-order valence-electron chi connectivity index (χ0n) is 14.1. The van der Waals surface area contributed by atoms with E-state index in [4.69, 9.17) is 0 Å². The van der Waals surface area contributed by atoms with Gasteiger partial charge in [-0.25, -0.2) is 4.98 Å². The van der Waals surface area contributed by atoms with E-state index in [0.29, 0.717) is 5.92 Å². The van der Waals surface area contributed by atoms with Crippen LogP contribution >= 0.6 is 0 Å². The molecule has 24 heavy (non-hydrogen) atoms. The fraction of sp³-hybridized carbons (Fsp3) is 0.421. The summed E-state index contributed by atoms with van der Waals surface area (Å²) in [6, 6.07) is 9.56. The van der Waals surface area contributed by atoms with Crippen molar-refractivity contribution in [3.05, 3.63) is 54.0 Å². The summed E-state index contributed by atoms with van der Waals surface area (Å²) in [6.07, 6.45) is 7.76. The standard InChI is InChI=1S/C19H24N4O/c1-20-18-14-21-17(13-22-18)12-15-6-5-10-23(11-9-15)19(24)16-7-3-2-4-8-16/h2-4,7-8,13-15H,5-6,9-12H2,1H3,(H,20,22)/t15-/m1/s1. The van der Waals surface area contributed by atoms with E-state index in [0.717, 1.165) is 55.8 Å². The minimum atomic E-state index is 0.148. The second kappa shape index (κ2) is 7.90. The normalized spacial score (nSPS) is 18.0. The van der Waals surface area contributed by atoms with Crippen molar-refractivity contribution in [2.75, 3.05) is 25.5 Å². The average Bonchev–Trinajstić information content (AvgIpc) is 2.88. The van der Waals surface area contributed by atoms with Crippen LogP contribution < -0.4 is 5.32 Å². The Morgan fingerprint density at radius 3 is 2.71 bits per heavy atom. The van der Waals surface area contributed by atoms with Gasteiger partial charge in [0.15, 0.2) is 0 Å². The lowest BCUT2D eigenvalue weighted by Gasteiger charge is -2.20. The van der Waals surface area contributed by atoms with Crippen LogP contribution in [0.3, 0.4) is 0 Å². The highest BCUT2D eigenvalue weighted by Crippen LogP contribution is 2.22. The van der Waals surface area contributed by atoms with Crippen LogP contribution in [0.25, 0.3) is 0 Å². The Bertz CT molecular complexity index is 657. The minimum absolute atomic E-state index is 0.148. The van der Waals surface area contributed by atoms with Gasteiger partial charge in [-0.15, -0.1) is 0 Å². The van der Waals surface area contributed by atoms with Crippen LogP contribution in [-0.4, -0.2) is 40.9 Å². The zero-order valence-corrected chi connectivity index (χ0v) is 14.1. The van der Waals surface area contributed by atoms with Gasteiger partial charge >= 0.3 is 0 Å². The van der Waals surface area contributed by atoms with Crippen LogP contribution in [0, 0.1) is 5.92 Å². The molecule has 0 radical (unpaired) electrons. The van der Waals surface area contributed by atoms with Gasteiger partial charge in [-0.1, -0.05) is 18.2 Å². The number of benzene rings is 1. The quantitative estimate of drug-likeness (QED) is 0.939. The number of nitrogens with zero attached hydrogens (tertiary/aromatic N) is 3. The molecule has 0 unspecified atom stereocenters. The molecule has 1 fully saturated rings. The van der Waals surface area contributed by atoms with Crippen LogP contribution in [0.1, 0.15) is 35.3 Å². The summed E-state index contributed by atoms with van der Waals surface area (Å²) < 4.78 is 0. The third kappa shape index (κ3) is 4.10. The van der Waals surface area contributed by atoms with Crippen molar-refractivity contribution in [3.63, 3.8) is 0 Å². The number of rotatable bonds is 4. The minimum Gasteiger partial charge on any atom is -0.372 e. The van der Waals surface area contributed by atoms with Crippen molar-refractivity contribution in [2.24, 2.45) is 5.92 Å². The number of hydrogen-bond acceptors (Lipinski definition) is 4. The van der Waals surface area contributed by atoms with Crippen molar-refractivity contribution >= 4 is 11.7 Å². The Kier molecular flexibility index (Phi) is 5.41. The van der Waals surface area contributed by atoms with Crippen molar-refractivity contribution in [3.8, 4) is 0 Å². The average molecular weight is 324 g/mol. The monoisotopic (exact) mass is 324 g/mol. The molecule has 1 aromatic heterocycles. The van der Waals surface area contributed by atoms with Crippen LogP contribution in [-0.2, 0) is 6.42 Å². The first-order valence-corrected chi connectivity index (χ1v) is 8.59. The first-order chi connectivity index (χ1) is 11.8. The van der Waals surface area contributed by atoms with Gasteiger partial charge in [0, 0.05) is 25.7 Å². The number of aromatic nitrogens is 2. The van der Waals surface area contributed by atoms with Crippen LogP contribution in [0.5, 0.6) is 0 Å². The highest BCUT2D eigenvalue weighted by Gasteiger charge is 2.22. The fourth-order valence-electron chi connectivity index (χ4n) is 3.22. The van der Waals surface area contributed by atoms with Crippen LogP contribution in [0.4, 0.5) is 5.82 Å². The molecule has 1 aliphatic heterocycles. The predicted molar refractivity (Wildman–Crippen MR) is 95.0 cm³/mol. The highest BCUT2D eigenvalue weighted by molar-refractivity contribution is 5.94. The second-order valence-electron chi connectivity index (χ2n) is 6.30. The van der Waals surface area contributed by atoms with E-state index < -0.39 is 0 Å². The van der Waals surface area contributed by atoms with Crippen molar-refractivity contribution in [2.45, 2.75) is 25.7 Å². The second-order valence-corrected chi connectivity index (χ2v) is 6.30. The van der Waals surface area contributed by atoms with E-state index >= 15 is 0 Å². The lowest BCUT2D eigenvalue weighted by Crippen LogP contribution is -2.32. The van der Waals surface area contributed by atoms with Gasteiger partial charge < -0.3 is 10.2 Å². The summed E-state index contributed by atoms with van der Waals surface area (Å²) in [5, 5.41) is 2.98. The summed E-state index contributed by atoms with van der Waals surface area (Å²) in [5.41, 5.74) is 1.81. The molecule has 2 heterocycles. The van der Waals surface area contributed by atoms with Crippen LogP contribution in [0.2, 0.25) is 0 Å². The molecule has 0 bridgehead atoms. The Morgan fingerprint density at radius 1 is 1.17 bits per heavy atom. The molecule has 0 saturated carbocycles. The number of carbonyl (C=O) groups excluding carboxylic acids is 1. The predicted octanol–water partition coefficient (Wildman–Crippen LogP) is 3.00. The van der Waals surface area contributed by atoms with Gasteiger partial charge in [-0.05, 0) is 43.7 Å². The Hall–Kier alpha value is -2.43. The fourth-order valence-corrected chi connectivity index (χ4v) is 3.22. The molecule has 2 aromatic rings. The van der Waals surface area contributed by atoms with E-state index in [1.54, 1.807) is 6.20 Å². The molecule has 5 nitrogen and oxygen atoms in total. The molecule has 1 atom stereocenters. The van der Waals surface area contributed by atoms with E-state index in [1.807, 2.05) is 48.5 Å². The SMILES string of the molecule is CNc1cnc(C[C@@H]2CCCN(C(=O)c3ccccc3)CC2)cn1. The summed E-state index contributed by atoms with van der Waals surface area (Å²) in [6.45, 7) is 1.66.